The SMILES string of the molecule is CC(C)NCc1cc(N(C)Cc2ccc(F)cc2)ccn1. The highest BCUT2D eigenvalue weighted by molar-refractivity contribution is 5.46. The zero-order chi connectivity index (χ0) is 15.2. The summed E-state index contributed by atoms with van der Waals surface area (Å²) in [6.45, 7) is 5.73. The summed E-state index contributed by atoms with van der Waals surface area (Å²) >= 11 is 0. The molecule has 0 saturated carbocycles. The summed E-state index contributed by atoms with van der Waals surface area (Å²) < 4.78 is 12.9. The fourth-order valence-corrected chi connectivity index (χ4v) is 2.06. The van der Waals surface area contributed by atoms with Crippen LogP contribution in [0.4, 0.5) is 10.1 Å². The average Bonchev–Trinajstić information content (AvgIpc) is 2.48. The molecule has 2 aromatic rings. The molecule has 1 aromatic carbocycles. The lowest BCUT2D eigenvalue weighted by molar-refractivity contribution is 0.581. The van der Waals surface area contributed by atoms with Gasteiger partial charge in [-0.3, -0.25) is 4.98 Å². The summed E-state index contributed by atoms with van der Waals surface area (Å²) in [6.07, 6.45) is 1.83. The molecule has 0 radical (unpaired) electrons. The highest BCUT2D eigenvalue weighted by Crippen LogP contribution is 2.16. The number of anilines is 1. The molecule has 0 amide bonds. The highest BCUT2D eigenvalue weighted by atomic mass is 19.1. The van der Waals surface area contributed by atoms with Crippen molar-refractivity contribution in [2.45, 2.75) is 33.0 Å². The molecule has 0 bridgehead atoms. The average molecular weight is 287 g/mol. The first kappa shape index (κ1) is 15.4. The largest absolute Gasteiger partial charge is 0.370 e. The van der Waals surface area contributed by atoms with Crippen molar-refractivity contribution in [3.8, 4) is 0 Å². The standard InChI is InChI=1S/C17H22FN3/c1-13(2)20-11-16-10-17(8-9-19-16)21(3)12-14-4-6-15(18)7-5-14/h4-10,13,20H,11-12H2,1-3H3. The first-order valence-corrected chi connectivity index (χ1v) is 7.18. The van der Waals surface area contributed by atoms with Crippen LogP contribution in [0.15, 0.2) is 42.6 Å². The van der Waals surface area contributed by atoms with E-state index in [2.05, 4.69) is 35.1 Å². The maximum absolute atomic E-state index is 12.9. The lowest BCUT2D eigenvalue weighted by atomic mass is 10.2. The van der Waals surface area contributed by atoms with Crippen molar-refractivity contribution in [1.82, 2.24) is 10.3 Å². The Morgan fingerprint density at radius 3 is 2.57 bits per heavy atom. The smallest absolute Gasteiger partial charge is 0.123 e. The van der Waals surface area contributed by atoms with Gasteiger partial charge in [-0.05, 0) is 29.8 Å². The Morgan fingerprint density at radius 2 is 1.90 bits per heavy atom. The van der Waals surface area contributed by atoms with E-state index in [1.54, 1.807) is 0 Å². The molecular formula is C17H22FN3. The maximum atomic E-state index is 12.9. The van der Waals surface area contributed by atoms with E-state index in [9.17, 15) is 4.39 Å². The zero-order valence-electron chi connectivity index (χ0n) is 12.8. The third-order valence-electron chi connectivity index (χ3n) is 3.27. The summed E-state index contributed by atoms with van der Waals surface area (Å²) in [6, 6.07) is 11.1. The van der Waals surface area contributed by atoms with Crippen LogP contribution in [-0.2, 0) is 13.1 Å². The summed E-state index contributed by atoms with van der Waals surface area (Å²) in [7, 11) is 2.03. The Kier molecular flexibility index (Phi) is 5.28. The second-order valence-corrected chi connectivity index (χ2v) is 5.52. The molecule has 21 heavy (non-hydrogen) atoms. The van der Waals surface area contributed by atoms with Crippen LogP contribution in [0.2, 0.25) is 0 Å². The Hall–Kier alpha value is -1.94. The van der Waals surface area contributed by atoms with Crippen LogP contribution in [0.5, 0.6) is 0 Å². The van der Waals surface area contributed by atoms with Crippen molar-refractivity contribution in [2.75, 3.05) is 11.9 Å². The van der Waals surface area contributed by atoms with Gasteiger partial charge in [0, 0.05) is 38.1 Å². The van der Waals surface area contributed by atoms with Gasteiger partial charge in [0.2, 0.25) is 0 Å². The predicted molar refractivity (Wildman–Crippen MR) is 84.7 cm³/mol. The molecule has 1 heterocycles. The molecule has 0 unspecified atom stereocenters. The van der Waals surface area contributed by atoms with E-state index in [4.69, 9.17) is 0 Å². The molecule has 4 heteroatoms. The number of benzene rings is 1. The molecule has 0 aliphatic rings. The minimum Gasteiger partial charge on any atom is -0.370 e. The monoisotopic (exact) mass is 287 g/mol. The third-order valence-corrected chi connectivity index (χ3v) is 3.27. The maximum Gasteiger partial charge on any atom is 0.123 e. The molecule has 0 aliphatic carbocycles. The van der Waals surface area contributed by atoms with E-state index in [0.717, 1.165) is 30.0 Å². The Labute approximate surface area is 125 Å². The number of nitrogens with one attached hydrogen (secondary N) is 1. The van der Waals surface area contributed by atoms with Crippen LogP contribution in [0.3, 0.4) is 0 Å². The Morgan fingerprint density at radius 1 is 1.19 bits per heavy atom. The fraction of sp³-hybridized carbons (Fsp3) is 0.353. The van der Waals surface area contributed by atoms with E-state index in [0.29, 0.717) is 6.04 Å². The molecule has 0 fully saturated rings. The van der Waals surface area contributed by atoms with E-state index in [1.807, 2.05) is 31.4 Å². The van der Waals surface area contributed by atoms with E-state index < -0.39 is 0 Å². The van der Waals surface area contributed by atoms with Crippen LogP contribution in [0.25, 0.3) is 0 Å². The Balaban J connectivity index is 2.03. The molecular weight excluding hydrogens is 265 g/mol. The van der Waals surface area contributed by atoms with Gasteiger partial charge in [-0.25, -0.2) is 4.39 Å². The topological polar surface area (TPSA) is 28.2 Å². The van der Waals surface area contributed by atoms with Crippen molar-refractivity contribution in [3.63, 3.8) is 0 Å². The lowest BCUT2D eigenvalue weighted by Crippen LogP contribution is -2.23. The van der Waals surface area contributed by atoms with Crippen LogP contribution in [0, 0.1) is 5.82 Å². The van der Waals surface area contributed by atoms with Crippen molar-refractivity contribution in [1.29, 1.82) is 0 Å². The van der Waals surface area contributed by atoms with Crippen molar-refractivity contribution in [2.24, 2.45) is 0 Å². The van der Waals surface area contributed by atoms with Gasteiger partial charge in [0.25, 0.3) is 0 Å². The minimum atomic E-state index is -0.202. The van der Waals surface area contributed by atoms with Gasteiger partial charge in [-0.1, -0.05) is 26.0 Å². The highest BCUT2D eigenvalue weighted by Gasteiger charge is 2.05. The quantitative estimate of drug-likeness (QED) is 0.883. The number of pyridine rings is 1. The number of aromatic nitrogens is 1. The van der Waals surface area contributed by atoms with Crippen LogP contribution in [0.1, 0.15) is 25.1 Å². The van der Waals surface area contributed by atoms with Crippen molar-refractivity contribution >= 4 is 5.69 Å². The summed E-state index contributed by atoms with van der Waals surface area (Å²) in [5.74, 6) is -0.202. The van der Waals surface area contributed by atoms with Crippen LogP contribution in [-0.4, -0.2) is 18.1 Å². The van der Waals surface area contributed by atoms with Crippen molar-refractivity contribution in [3.05, 3.63) is 59.7 Å². The van der Waals surface area contributed by atoms with E-state index in [-0.39, 0.29) is 5.82 Å². The molecule has 2 rings (SSSR count). The van der Waals surface area contributed by atoms with E-state index >= 15 is 0 Å². The molecule has 0 spiro atoms. The predicted octanol–water partition coefficient (Wildman–Crippen LogP) is 3.36. The van der Waals surface area contributed by atoms with Gasteiger partial charge in [-0.2, -0.15) is 0 Å². The second-order valence-electron chi connectivity index (χ2n) is 5.52. The summed E-state index contributed by atoms with van der Waals surface area (Å²) in [4.78, 5) is 6.51. The minimum absolute atomic E-state index is 0.202. The number of hydrogen-bond donors (Lipinski definition) is 1. The molecule has 0 atom stereocenters. The van der Waals surface area contributed by atoms with Gasteiger partial charge >= 0.3 is 0 Å². The molecule has 1 aromatic heterocycles. The van der Waals surface area contributed by atoms with Crippen LogP contribution < -0.4 is 10.2 Å². The first-order chi connectivity index (χ1) is 10.0. The Bertz CT molecular complexity index is 567. The number of nitrogens with zero attached hydrogens (tertiary/aromatic N) is 2. The third kappa shape index (κ3) is 4.83. The van der Waals surface area contributed by atoms with Gasteiger partial charge in [0.15, 0.2) is 0 Å². The number of hydrogen-bond acceptors (Lipinski definition) is 3. The van der Waals surface area contributed by atoms with Gasteiger partial charge in [0.1, 0.15) is 5.82 Å². The zero-order valence-corrected chi connectivity index (χ0v) is 12.8. The van der Waals surface area contributed by atoms with Crippen LogP contribution >= 0.6 is 0 Å². The molecule has 3 nitrogen and oxygen atoms in total. The van der Waals surface area contributed by atoms with Gasteiger partial charge in [0.05, 0.1) is 5.69 Å². The molecule has 1 N–H and O–H groups in total. The lowest BCUT2D eigenvalue weighted by Gasteiger charge is -2.20. The number of rotatable bonds is 6. The fourth-order valence-electron chi connectivity index (χ4n) is 2.06. The van der Waals surface area contributed by atoms with Gasteiger partial charge < -0.3 is 10.2 Å². The molecule has 112 valence electrons. The second kappa shape index (κ2) is 7.18. The summed E-state index contributed by atoms with van der Waals surface area (Å²) in [5.41, 5.74) is 3.21. The molecule has 0 aliphatic heterocycles. The number of halogens is 1. The van der Waals surface area contributed by atoms with Gasteiger partial charge in [-0.15, -0.1) is 0 Å². The normalized spacial score (nSPS) is 10.9. The summed E-state index contributed by atoms with van der Waals surface area (Å²) in [5, 5.41) is 3.36. The van der Waals surface area contributed by atoms with E-state index in [1.165, 1.54) is 12.1 Å². The first-order valence-electron chi connectivity index (χ1n) is 7.18. The van der Waals surface area contributed by atoms with Crippen molar-refractivity contribution < 1.29 is 4.39 Å². The molecule has 0 saturated heterocycles.